The van der Waals surface area contributed by atoms with Crippen LogP contribution in [-0.2, 0) is 0 Å². The first-order chi connectivity index (χ1) is 8.65. The lowest BCUT2D eigenvalue weighted by Gasteiger charge is -2.34. The maximum atomic E-state index is 14.0. The van der Waals surface area contributed by atoms with Crippen molar-refractivity contribution < 1.29 is 9.18 Å². The minimum absolute atomic E-state index is 0.0350. The van der Waals surface area contributed by atoms with Crippen LogP contribution < -0.4 is 0 Å². The fourth-order valence-corrected chi connectivity index (χ4v) is 2.72. The number of nitrogens with zero attached hydrogens (tertiary/aromatic N) is 1. The highest BCUT2D eigenvalue weighted by molar-refractivity contribution is 6.18. The number of piperidine rings is 1. The molecule has 0 radical (unpaired) electrons. The Morgan fingerprint density at radius 1 is 1.50 bits per heavy atom. The number of likely N-dealkylation sites (tertiary alicyclic amines) is 1. The molecule has 98 valence electrons. The number of carbonyl (C=O) groups is 1. The van der Waals surface area contributed by atoms with Gasteiger partial charge >= 0.3 is 0 Å². The summed E-state index contributed by atoms with van der Waals surface area (Å²) in [6.07, 6.45) is 2.95. The van der Waals surface area contributed by atoms with E-state index >= 15 is 0 Å². The van der Waals surface area contributed by atoms with Crippen molar-refractivity contribution >= 4 is 17.5 Å². The topological polar surface area (TPSA) is 20.3 Å². The van der Waals surface area contributed by atoms with Gasteiger partial charge in [0, 0.05) is 18.5 Å². The van der Waals surface area contributed by atoms with Crippen molar-refractivity contribution in [2.24, 2.45) is 0 Å². The van der Waals surface area contributed by atoms with Crippen LogP contribution in [0.5, 0.6) is 0 Å². The highest BCUT2D eigenvalue weighted by Crippen LogP contribution is 2.22. The van der Waals surface area contributed by atoms with Crippen molar-refractivity contribution in [1.82, 2.24) is 4.90 Å². The van der Waals surface area contributed by atoms with Gasteiger partial charge in [-0.05, 0) is 37.8 Å². The van der Waals surface area contributed by atoms with E-state index in [0.717, 1.165) is 19.3 Å². The smallest absolute Gasteiger partial charge is 0.257 e. The van der Waals surface area contributed by atoms with Gasteiger partial charge in [0.25, 0.3) is 5.91 Å². The largest absolute Gasteiger partial charge is 0.334 e. The lowest BCUT2D eigenvalue weighted by Crippen LogP contribution is -2.45. The SMILES string of the molecule is Cc1cccc(C(=O)N2CCCCC2CCl)c1F. The maximum Gasteiger partial charge on any atom is 0.257 e. The summed E-state index contributed by atoms with van der Waals surface area (Å²) in [5.74, 6) is -0.234. The third-order valence-electron chi connectivity index (χ3n) is 3.49. The van der Waals surface area contributed by atoms with Crippen LogP contribution in [0.25, 0.3) is 0 Å². The summed E-state index contributed by atoms with van der Waals surface area (Å²) in [5.41, 5.74) is 0.660. The van der Waals surface area contributed by atoms with Gasteiger partial charge in [0.1, 0.15) is 5.82 Å². The van der Waals surface area contributed by atoms with Crippen LogP contribution in [0.3, 0.4) is 0 Å². The zero-order valence-corrected chi connectivity index (χ0v) is 11.2. The highest BCUT2D eigenvalue weighted by Gasteiger charge is 2.28. The monoisotopic (exact) mass is 269 g/mol. The average molecular weight is 270 g/mol. The van der Waals surface area contributed by atoms with Crippen LogP contribution in [0.2, 0.25) is 0 Å². The van der Waals surface area contributed by atoms with Crippen LogP contribution in [0.1, 0.15) is 35.2 Å². The Kier molecular flexibility index (Phi) is 4.23. The van der Waals surface area contributed by atoms with Gasteiger partial charge in [0.15, 0.2) is 0 Å². The molecule has 18 heavy (non-hydrogen) atoms. The summed E-state index contributed by atoms with van der Waals surface area (Å²) < 4.78 is 14.0. The van der Waals surface area contributed by atoms with Gasteiger partial charge in [-0.3, -0.25) is 4.79 Å². The number of hydrogen-bond acceptors (Lipinski definition) is 1. The number of hydrogen-bond donors (Lipinski definition) is 0. The predicted molar refractivity (Wildman–Crippen MR) is 70.5 cm³/mol. The molecule has 0 aromatic heterocycles. The number of amides is 1. The second-order valence-electron chi connectivity index (χ2n) is 4.74. The first kappa shape index (κ1) is 13.3. The summed E-state index contributed by atoms with van der Waals surface area (Å²) >= 11 is 5.89. The minimum Gasteiger partial charge on any atom is -0.334 e. The minimum atomic E-state index is -0.415. The second-order valence-corrected chi connectivity index (χ2v) is 5.05. The van der Waals surface area contributed by atoms with Crippen molar-refractivity contribution in [3.05, 3.63) is 35.1 Å². The van der Waals surface area contributed by atoms with Crippen LogP contribution in [-0.4, -0.2) is 29.3 Å². The Bertz CT molecular complexity index is 449. The molecule has 1 fully saturated rings. The van der Waals surface area contributed by atoms with Gasteiger partial charge in [-0.2, -0.15) is 0 Å². The standard InChI is InChI=1S/C14H17ClFNO/c1-10-5-4-7-12(13(10)16)14(18)17-8-3-2-6-11(17)9-15/h4-5,7,11H,2-3,6,8-9H2,1H3. The second kappa shape index (κ2) is 5.70. The van der Waals surface area contributed by atoms with Crippen LogP contribution in [0, 0.1) is 12.7 Å². The van der Waals surface area contributed by atoms with E-state index in [0.29, 0.717) is 18.0 Å². The van der Waals surface area contributed by atoms with Crippen molar-refractivity contribution in [2.75, 3.05) is 12.4 Å². The van der Waals surface area contributed by atoms with Gasteiger partial charge in [-0.15, -0.1) is 11.6 Å². The van der Waals surface area contributed by atoms with Gasteiger partial charge in [0.2, 0.25) is 0 Å². The van der Waals surface area contributed by atoms with Crippen LogP contribution in [0.4, 0.5) is 4.39 Å². The zero-order valence-electron chi connectivity index (χ0n) is 10.5. The van der Waals surface area contributed by atoms with Crippen molar-refractivity contribution in [3.8, 4) is 0 Å². The van der Waals surface area contributed by atoms with Crippen LogP contribution in [0.15, 0.2) is 18.2 Å². The molecule has 0 spiro atoms. The van der Waals surface area contributed by atoms with Gasteiger partial charge < -0.3 is 4.90 Å². The number of alkyl halides is 1. The van der Waals surface area contributed by atoms with Gasteiger partial charge in [-0.1, -0.05) is 12.1 Å². The summed E-state index contributed by atoms with van der Waals surface area (Å²) in [4.78, 5) is 14.1. The predicted octanol–water partition coefficient (Wildman–Crippen LogP) is 3.37. The average Bonchev–Trinajstić information content (AvgIpc) is 2.41. The van der Waals surface area contributed by atoms with Crippen molar-refractivity contribution in [1.29, 1.82) is 0 Å². The first-order valence-electron chi connectivity index (χ1n) is 6.27. The molecule has 0 aliphatic carbocycles. The molecule has 0 saturated carbocycles. The Balaban J connectivity index is 2.27. The third-order valence-corrected chi connectivity index (χ3v) is 3.84. The lowest BCUT2D eigenvalue weighted by molar-refractivity contribution is 0.0634. The van der Waals surface area contributed by atoms with Crippen LogP contribution >= 0.6 is 11.6 Å². The van der Waals surface area contributed by atoms with E-state index in [4.69, 9.17) is 11.6 Å². The van der Waals surface area contributed by atoms with E-state index < -0.39 is 5.82 Å². The maximum absolute atomic E-state index is 14.0. The molecular formula is C14H17ClFNO. The first-order valence-corrected chi connectivity index (χ1v) is 6.80. The molecule has 0 N–H and O–H groups in total. The van der Waals surface area contributed by atoms with Gasteiger partial charge in [-0.25, -0.2) is 4.39 Å². The van der Waals surface area contributed by atoms with E-state index in [2.05, 4.69) is 0 Å². The Morgan fingerprint density at radius 2 is 2.28 bits per heavy atom. The van der Waals surface area contributed by atoms with E-state index in [9.17, 15) is 9.18 Å². The molecule has 1 atom stereocenters. The lowest BCUT2D eigenvalue weighted by atomic mass is 10.0. The fraction of sp³-hybridized carbons (Fsp3) is 0.500. The Morgan fingerprint density at radius 3 is 3.00 bits per heavy atom. The fourth-order valence-electron chi connectivity index (χ4n) is 2.40. The summed E-state index contributed by atoms with van der Waals surface area (Å²) in [7, 11) is 0. The third kappa shape index (κ3) is 2.51. The van der Waals surface area contributed by atoms with Gasteiger partial charge in [0.05, 0.1) is 5.56 Å². The number of rotatable bonds is 2. The van der Waals surface area contributed by atoms with E-state index in [-0.39, 0.29) is 17.5 Å². The normalized spacial score (nSPS) is 19.9. The molecule has 2 rings (SSSR count). The zero-order chi connectivity index (χ0) is 13.1. The number of carbonyl (C=O) groups excluding carboxylic acids is 1. The molecule has 1 aliphatic heterocycles. The van der Waals surface area contributed by atoms with E-state index in [1.807, 2.05) is 0 Å². The molecule has 1 unspecified atom stereocenters. The molecule has 4 heteroatoms. The Labute approximate surface area is 112 Å². The quantitative estimate of drug-likeness (QED) is 0.754. The highest BCUT2D eigenvalue weighted by atomic mass is 35.5. The molecule has 1 amide bonds. The summed E-state index contributed by atoms with van der Waals surface area (Å²) in [6.45, 7) is 2.34. The number of benzene rings is 1. The summed E-state index contributed by atoms with van der Waals surface area (Å²) in [6, 6.07) is 4.96. The molecule has 1 aromatic carbocycles. The van der Waals surface area contributed by atoms with Crippen molar-refractivity contribution in [3.63, 3.8) is 0 Å². The molecule has 1 aromatic rings. The molecule has 2 nitrogen and oxygen atoms in total. The van der Waals surface area contributed by atoms with E-state index in [1.165, 1.54) is 0 Å². The summed E-state index contributed by atoms with van der Waals surface area (Å²) in [5, 5.41) is 0. The Hall–Kier alpha value is -1.09. The number of aryl methyl sites for hydroxylation is 1. The van der Waals surface area contributed by atoms with Crippen molar-refractivity contribution in [2.45, 2.75) is 32.2 Å². The number of halogens is 2. The molecular weight excluding hydrogens is 253 g/mol. The molecule has 1 heterocycles. The molecule has 1 saturated heterocycles. The van der Waals surface area contributed by atoms with E-state index in [1.54, 1.807) is 30.0 Å². The molecule has 1 aliphatic rings. The molecule has 0 bridgehead atoms.